The zero-order valence-corrected chi connectivity index (χ0v) is 8.07. The van der Waals surface area contributed by atoms with Gasteiger partial charge in [0.05, 0.1) is 0 Å². The van der Waals surface area contributed by atoms with Crippen LogP contribution in [0.3, 0.4) is 0 Å². The Bertz CT molecular complexity index is 342. The Morgan fingerprint density at radius 2 is 1.80 bits per heavy atom. The van der Waals surface area contributed by atoms with Crippen LogP contribution in [0.2, 0.25) is 0 Å². The second kappa shape index (κ2) is 4.67. The van der Waals surface area contributed by atoms with Crippen molar-refractivity contribution in [3.8, 4) is 5.75 Å². The highest BCUT2D eigenvalue weighted by molar-refractivity contribution is 5.85. The van der Waals surface area contributed by atoms with Crippen molar-refractivity contribution in [3.05, 3.63) is 29.6 Å². The van der Waals surface area contributed by atoms with Crippen LogP contribution in [0.4, 0.5) is 17.6 Å². The Labute approximate surface area is 89.1 Å². The monoisotopic (exact) mass is 245 g/mol. The van der Waals surface area contributed by atoms with Crippen molar-refractivity contribution < 1.29 is 22.7 Å². The van der Waals surface area contributed by atoms with Gasteiger partial charge in [-0.05, 0) is 6.07 Å². The fourth-order valence-electron chi connectivity index (χ4n) is 0.945. The summed E-state index contributed by atoms with van der Waals surface area (Å²) in [6.45, 7) is 0. The van der Waals surface area contributed by atoms with Crippen LogP contribution in [0.25, 0.3) is 0 Å². The molecule has 0 saturated heterocycles. The summed E-state index contributed by atoms with van der Waals surface area (Å²) < 4.78 is 49.1. The van der Waals surface area contributed by atoms with Crippen LogP contribution < -0.4 is 5.73 Å². The molecule has 86 valence electrons. The number of halogens is 5. The van der Waals surface area contributed by atoms with Crippen LogP contribution in [0.15, 0.2) is 18.2 Å². The van der Waals surface area contributed by atoms with E-state index in [-0.39, 0.29) is 12.4 Å². The summed E-state index contributed by atoms with van der Waals surface area (Å²) in [5.74, 6) is -1.62. The van der Waals surface area contributed by atoms with Gasteiger partial charge in [0, 0.05) is 11.6 Å². The third kappa shape index (κ3) is 3.24. The number of phenolic OH excluding ortho intramolecular Hbond substituents is 1. The molecule has 2 nitrogen and oxygen atoms in total. The Balaban J connectivity index is 0.00000196. The Morgan fingerprint density at radius 1 is 1.27 bits per heavy atom. The number of rotatable bonds is 1. The number of hydrogen-bond acceptors (Lipinski definition) is 2. The van der Waals surface area contributed by atoms with E-state index in [0.717, 1.165) is 12.1 Å². The molecule has 0 radical (unpaired) electrons. The summed E-state index contributed by atoms with van der Waals surface area (Å²) in [6.07, 6.45) is -4.70. The van der Waals surface area contributed by atoms with E-state index >= 15 is 0 Å². The second-order valence-electron chi connectivity index (χ2n) is 2.73. The molecule has 0 bridgehead atoms. The third-order valence-electron chi connectivity index (χ3n) is 1.67. The first-order valence-electron chi connectivity index (χ1n) is 3.63. The largest absolute Gasteiger partial charge is 0.508 e. The van der Waals surface area contributed by atoms with Gasteiger partial charge in [0.25, 0.3) is 0 Å². The van der Waals surface area contributed by atoms with Crippen LogP contribution >= 0.6 is 12.4 Å². The van der Waals surface area contributed by atoms with Gasteiger partial charge in [-0.15, -0.1) is 12.4 Å². The maximum atomic E-state index is 12.9. The first-order chi connectivity index (χ1) is 6.32. The first kappa shape index (κ1) is 14.0. The zero-order chi connectivity index (χ0) is 10.9. The third-order valence-corrected chi connectivity index (χ3v) is 1.67. The van der Waals surface area contributed by atoms with E-state index in [1.54, 1.807) is 0 Å². The minimum Gasteiger partial charge on any atom is -0.508 e. The van der Waals surface area contributed by atoms with E-state index in [0.29, 0.717) is 6.07 Å². The lowest BCUT2D eigenvalue weighted by Crippen LogP contribution is -2.29. The quantitative estimate of drug-likeness (QED) is 0.747. The lowest BCUT2D eigenvalue weighted by Gasteiger charge is -2.16. The SMILES string of the molecule is Cl.NC(c1ccc(O)cc1F)C(F)(F)F. The molecule has 0 aliphatic rings. The van der Waals surface area contributed by atoms with E-state index in [9.17, 15) is 17.6 Å². The van der Waals surface area contributed by atoms with Crippen molar-refractivity contribution in [3.63, 3.8) is 0 Å². The summed E-state index contributed by atoms with van der Waals surface area (Å²) in [5, 5.41) is 8.76. The molecule has 1 unspecified atom stereocenters. The number of phenols is 1. The maximum absolute atomic E-state index is 12.9. The van der Waals surface area contributed by atoms with Gasteiger partial charge >= 0.3 is 6.18 Å². The fraction of sp³-hybridized carbons (Fsp3) is 0.250. The van der Waals surface area contributed by atoms with E-state index in [1.165, 1.54) is 0 Å². The predicted molar refractivity (Wildman–Crippen MR) is 48.3 cm³/mol. The zero-order valence-electron chi connectivity index (χ0n) is 7.25. The van der Waals surface area contributed by atoms with Gasteiger partial charge in [0.1, 0.15) is 17.6 Å². The predicted octanol–water partition coefficient (Wildman–Crippen LogP) is 2.52. The molecule has 0 heterocycles. The molecule has 15 heavy (non-hydrogen) atoms. The van der Waals surface area contributed by atoms with Crippen molar-refractivity contribution in [1.29, 1.82) is 0 Å². The van der Waals surface area contributed by atoms with Crippen LogP contribution in [-0.2, 0) is 0 Å². The lowest BCUT2D eigenvalue weighted by atomic mass is 10.1. The molecule has 0 aliphatic heterocycles. The fourth-order valence-corrected chi connectivity index (χ4v) is 0.945. The molecule has 7 heteroatoms. The van der Waals surface area contributed by atoms with Gasteiger partial charge in [-0.1, -0.05) is 6.07 Å². The van der Waals surface area contributed by atoms with Crippen molar-refractivity contribution in [2.45, 2.75) is 12.2 Å². The molecular weight excluding hydrogens is 238 g/mol. The van der Waals surface area contributed by atoms with E-state index in [2.05, 4.69) is 0 Å². The van der Waals surface area contributed by atoms with E-state index in [4.69, 9.17) is 10.8 Å². The second-order valence-corrected chi connectivity index (χ2v) is 2.73. The number of nitrogens with two attached hydrogens (primary N) is 1. The molecule has 0 aliphatic carbocycles. The molecule has 0 saturated carbocycles. The van der Waals surface area contributed by atoms with Gasteiger partial charge in [-0.2, -0.15) is 13.2 Å². The Kier molecular flexibility index (Phi) is 4.36. The summed E-state index contributed by atoms with van der Waals surface area (Å²) >= 11 is 0. The van der Waals surface area contributed by atoms with Crippen molar-refractivity contribution in [2.24, 2.45) is 5.73 Å². The molecular formula is C8H8ClF4NO. The highest BCUT2D eigenvalue weighted by Crippen LogP contribution is 2.32. The normalized spacial score (nSPS) is 13.1. The molecule has 0 fully saturated rings. The Morgan fingerprint density at radius 3 is 2.20 bits per heavy atom. The summed E-state index contributed by atoms with van der Waals surface area (Å²) in [7, 11) is 0. The van der Waals surface area contributed by atoms with Gasteiger partial charge in [-0.3, -0.25) is 0 Å². The van der Waals surface area contributed by atoms with Crippen LogP contribution in [0.5, 0.6) is 5.75 Å². The van der Waals surface area contributed by atoms with Crippen LogP contribution in [0.1, 0.15) is 11.6 Å². The molecule has 1 aromatic carbocycles. The van der Waals surface area contributed by atoms with E-state index < -0.39 is 29.3 Å². The van der Waals surface area contributed by atoms with Gasteiger partial charge in [0.2, 0.25) is 0 Å². The molecule has 0 aromatic heterocycles. The summed E-state index contributed by atoms with van der Waals surface area (Å²) in [4.78, 5) is 0. The average Bonchev–Trinajstić information content (AvgIpc) is 2.01. The Hall–Kier alpha value is -1.01. The smallest absolute Gasteiger partial charge is 0.407 e. The number of aromatic hydroxyl groups is 1. The average molecular weight is 246 g/mol. The highest BCUT2D eigenvalue weighted by atomic mass is 35.5. The minimum atomic E-state index is -4.70. The minimum absolute atomic E-state index is 0. The molecule has 0 amide bonds. The van der Waals surface area contributed by atoms with Crippen LogP contribution in [-0.4, -0.2) is 11.3 Å². The van der Waals surface area contributed by atoms with Gasteiger partial charge < -0.3 is 10.8 Å². The molecule has 0 spiro atoms. The highest BCUT2D eigenvalue weighted by Gasteiger charge is 2.39. The standard InChI is InChI=1S/C8H7F4NO.ClH/c9-6-3-4(14)1-2-5(6)7(13)8(10,11)12;/h1-3,7,14H,13H2;1H. The van der Waals surface area contributed by atoms with Crippen LogP contribution in [0, 0.1) is 5.82 Å². The van der Waals surface area contributed by atoms with Crippen molar-refractivity contribution in [2.75, 3.05) is 0 Å². The number of benzene rings is 1. The maximum Gasteiger partial charge on any atom is 0.407 e. The molecule has 1 rings (SSSR count). The molecule has 1 aromatic rings. The topological polar surface area (TPSA) is 46.2 Å². The van der Waals surface area contributed by atoms with Crippen molar-refractivity contribution in [1.82, 2.24) is 0 Å². The van der Waals surface area contributed by atoms with Gasteiger partial charge in [-0.25, -0.2) is 4.39 Å². The summed E-state index contributed by atoms with van der Waals surface area (Å²) in [5.41, 5.74) is 4.09. The van der Waals surface area contributed by atoms with Crippen molar-refractivity contribution >= 4 is 12.4 Å². The summed E-state index contributed by atoms with van der Waals surface area (Å²) in [6, 6.07) is -0.0311. The first-order valence-corrected chi connectivity index (χ1v) is 3.63. The lowest BCUT2D eigenvalue weighted by molar-refractivity contribution is -0.149. The number of alkyl halides is 3. The number of hydrogen-bond donors (Lipinski definition) is 2. The van der Waals surface area contributed by atoms with E-state index in [1.807, 2.05) is 0 Å². The molecule has 3 N–H and O–H groups in total. The van der Waals surface area contributed by atoms with Gasteiger partial charge in [0.15, 0.2) is 0 Å². The molecule has 1 atom stereocenters.